The lowest BCUT2D eigenvalue weighted by Crippen LogP contribution is -2.57. The summed E-state index contributed by atoms with van der Waals surface area (Å²) < 4.78 is 0. The third kappa shape index (κ3) is 2.49. The minimum atomic E-state index is -0.0979. The first-order valence-corrected chi connectivity index (χ1v) is 7.09. The highest BCUT2D eigenvalue weighted by Gasteiger charge is 2.47. The second-order valence-corrected chi connectivity index (χ2v) is 5.50. The lowest BCUT2D eigenvalue weighted by Gasteiger charge is -2.51. The lowest BCUT2D eigenvalue weighted by molar-refractivity contribution is 0.0891. The monoisotopic (exact) mass is 234 g/mol. The summed E-state index contributed by atoms with van der Waals surface area (Å²) in [6.07, 6.45) is 15.4. The maximum atomic E-state index is 6.73. The number of allylic oxidation sites excluding steroid dienone is 3. The van der Waals surface area contributed by atoms with Crippen LogP contribution >= 0.6 is 0 Å². The molecule has 0 heterocycles. The van der Waals surface area contributed by atoms with Crippen LogP contribution in [0, 0.1) is 17.4 Å². The molecule has 1 aliphatic rings. The molecule has 0 saturated heterocycles. The Bertz CT molecular complexity index is 286. The maximum absolute atomic E-state index is 6.73. The van der Waals surface area contributed by atoms with Crippen LogP contribution in [0.2, 0.25) is 0 Å². The summed E-state index contributed by atoms with van der Waals surface area (Å²) in [5.74, 6) is 0.620. The maximum Gasteiger partial charge on any atom is 0.0247 e. The van der Waals surface area contributed by atoms with Crippen LogP contribution in [0.4, 0.5) is 0 Å². The Kier molecular flexibility index (Phi) is 5.00. The zero-order chi connectivity index (χ0) is 12.9. The van der Waals surface area contributed by atoms with Gasteiger partial charge in [-0.3, -0.25) is 0 Å². The summed E-state index contributed by atoms with van der Waals surface area (Å²) in [4.78, 5) is 0. The smallest absolute Gasteiger partial charge is 0.0247 e. The van der Waals surface area contributed by atoms with Crippen molar-refractivity contribution in [3.05, 3.63) is 24.3 Å². The summed E-state index contributed by atoms with van der Waals surface area (Å²) >= 11 is 0. The van der Waals surface area contributed by atoms with Crippen molar-refractivity contribution in [1.82, 2.24) is 0 Å². The third-order valence-corrected chi connectivity index (χ3v) is 4.79. The summed E-state index contributed by atoms with van der Waals surface area (Å²) in [5.41, 5.74) is 6.73. The molecular weight excluding hydrogens is 206 g/mol. The third-order valence-electron chi connectivity index (χ3n) is 4.79. The molecule has 2 atom stereocenters. The van der Waals surface area contributed by atoms with Crippen molar-refractivity contribution in [2.75, 3.05) is 0 Å². The van der Waals surface area contributed by atoms with Crippen molar-refractivity contribution in [2.45, 2.75) is 65.3 Å². The second-order valence-electron chi connectivity index (χ2n) is 5.50. The van der Waals surface area contributed by atoms with Crippen LogP contribution in [0.25, 0.3) is 0 Å². The van der Waals surface area contributed by atoms with E-state index in [0.29, 0.717) is 5.92 Å². The molecule has 0 aromatic rings. The molecule has 2 N–H and O–H groups in total. The predicted molar refractivity (Wildman–Crippen MR) is 75.6 cm³/mol. The van der Waals surface area contributed by atoms with E-state index in [0.717, 1.165) is 19.3 Å². The van der Waals surface area contributed by atoms with Crippen molar-refractivity contribution in [2.24, 2.45) is 17.1 Å². The Balaban J connectivity index is 3.10. The van der Waals surface area contributed by atoms with Gasteiger partial charge in [-0.25, -0.2) is 0 Å². The summed E-state index contributed by atoms with van der Waals surface area (Å²) in [6, 6.07) is 0. The standard InChI is InChI=1S/C16H28N/c1-5-11-14(4)15(12-9-8-10-13-15)16(17,6-2)7-3/h8-9,12,14H,5-7,11,13,17H2,1-4H3. The van der Waals surface area contributed by atoms with Gasteiger partial charge in [0.05, 0.1) is 0 Å². The van der Waals surface area contributed by atoms with E-state index in [1.54, 1.807) is 0 Å². The number of hydrogen-bond acceptors (Lipinski definition) is 1. The van der Waals surface area contributed by atoms with E-state index in [-0.39, 0.29) is 11.0 Å². The Morgan fingerprint density at radius 2 is 2.00 bits per heavy atom. The molecular formula is C16H28N. The molecule has 1 rings (SSSR count). The van der Waals surface area contributed by atoms with Gasteiger partial charge in [-0.05, 0) is 31.3 Å². The van der Waals surface area contributed by atoms with Crippen LogP contribution in [0.5, 0.6) is 0 Å². The van der Waals surface area contributed by atoms with Crippen LogP contribution < -0.4 is 5.73 Å². The average molecular weight is 234 g/mol. The van der Waals surface area contributed by atoms with Crippen molar-refractivity contribution in [1.29, 1.82) is 0 Å². The van der Waals surface area contributed by atoms with E-state index < -0.39 is 0 Å². The minimum Gasteiger partial charge on any atom is -0.324 e. The molecule has 0 aromatic heterocycles. The number of nitrogens with two attached hydrogens (primary N) is 1. The molecule has 97 valence electrons. The quantitative estimate of drug-likeness (QED) is 0.730. The Labute approximate surface area is 107 Å². The van der Waals surface area contributed by atoms with Gasteiger partial charge in [-0.1, -0.05) is 58.8 Å². The molecule has 2 unspecified atom stereocenters. The van der Waals surface area contributed by atoms with Gasteiger partial charge in [0, 0.05) is 11.0 Å². The highest BCUT2D eigenvalue weighted by molar-refractivity contribution is 5.22. The van der Waals surface area contributed by atoms with Crippen LogP contribution in [-0.2, 0) is 0 Å². The predicted octanol–water partition coefficient (Wildman–Crippen LogP) is 4.25. The fraction of sp³-hybridized carbons (Fsp3) is 0.750. The lowest BCUT2D eigenvalue weighted by atomic mass is 9.57. The molecule has 0 aromatic carbocycles. The van der Waals surface area contributed by atoms with Gasteiger partial charge >= 0.3 is 0 Å². The van der Waals surface area contributed by atoms with Gasteiger partial charge < -0.3 is 5.73 Å². The average Bonchev–Trinajstić information content (AvgIpc) is 2.38. The van der Waals surface area contributed by atoms with E-state index >= 15 is 0 Å². The Morgan fingerprint density at radius 1 is 1.35 bits per heavy atom. The Morgan fingerprint density at radius 3 is 2.41 bits per heavy atom. The largest absolute Gasteiger partial charge is 0.324 e. The minimum absolute atomic E-state index is 0.0979. The van der Waals surface area contributed by atoms with E-state index in [2.05, 4.69) is 45.9 Å². The van der Waals surface area contributed by atoms with Crippen molar-refractivity contribution in [3.63, 3.8) is 0 Å². The number of rotatable bonds is 6. The zero-order valence-corrected chi connectivity index (χ0v) is 11.9. The normalized spacial score (nSPS) is 26.2. The number of hydrogen-bond donors (Lipinski definition) is 1. The topological polar surface area (TPSA) is 26.0 Å². The van der Waals surface area contributed by atoms with Gasteiger partial charge in [-0.15, -0.1) is 0 Å². The molecule has 0 amide bonds. The second kappa shape index (κ2) is 5.86. The van der Waals surface area contributed by atoms with Gasteiger partial charge in [0.25, 0.3) is 0 Å². The van der Waals surface area contributed by atoms with Gasteiger partial charge in [0.15, 0.2) is 0 Å². The fourth-order valence-corrected chi connectivity index (χ4v) is 3.34. The van der Waals surface area contributed by atoms with Crippen LogP contribution in [-0.4, -0.2) is 5.54 Å². The molecule has 1 nitrogen and oxygen atoms in total. The van der Waals surface area contributed by atoms with Gasteiger partial charge in [0.1, 0.15) is 0 Å². The molecule has 1 heteroatoms. The van der Waals surface area contributed by atoms with E-state index in [4.69, 9.17) is 5.73 Å². The summed E-state index contributed by atoms with van der Waals surface area (Å²) in [5, 5.41) is 0. The summed E-state index contributed by atoms with van der Waals surface area (Å²) in [6.45, 7) is 9.05. The highest BCUT2D eigenvalue weighted by atomic mass is 14.8. The molecule has 17 heavy (non-hydrogen) atoms. The first-order valence-electron chi connectivity index (χ1n) is 7.09. The molecule has 1 radical (unpaired) electrons. The van der Waals surface area contributed by atoms with E-state index in [1.165, 1.54) is 12.8 Å². The fourth-order valence-electron chi connectivity index (χ4n) is 3.34. The molecule has 0 aliphatic heterocycles. The van der Waals surface area contributed by atoms with E-state index in [9.17, 15) is 0 Å². The zero-order valence-electron chi connectivity index (χ0n) is 11.9. The van der Waals surface area contributed by atoms with Crippen molar-refractivity contribution in [3.8, 4) is 0 Å². The van der Waals surface area contributed by atoms with E-state index in [1.807, 2.05) is 6.08 Å². The van der Waals surface area contributed by atoms with Crippen LogP contribution in [0.15, 0.2) is 18.2 Å². The van der Waals surface area contributed by atoms with Crippen LogP contribution in [0.3, 0.4) is 0 Å². The Hall–Kier alpha value is -0.560. The van der Waals surface area contributed by atoms with Crippen LogP contribution in [0.1, 0.15) is 59.8 Å². The molecule has 1 aliphatic carbocycles. The first kappa shape index (κ1) is 14.5. The summed E-state index contributed by atoms with van der Waals surface area (Å²) in [7, 11) is 0. The van der Waals surface area contributed by atoms with Crippen molar-refractivity contribution < 1.29 is 0 Å². The van der Waals surface area contributed by atoms with Crippen molar-refractivity contribution >= 4 is 0 Å². The SMILES string of the molecule is CCCC(C)C1(C(N)(CC)CC)C=CC=[C]C1. The highest BCUT2D eigenvalue weighted by Crippen LogP contribution is 2.48. The molecule has 0 saturated carbocycles. The molecule has 0 fully saturated rings. The van der Waals surface area contributed by atoms with Gasteiger partial charge in [0.2, 0.25) is 0 Å². The first-order chi connectivity index (χ1) is 8.06. The molecule has 0 spiro atoms. The molecule has 0 bridgehead atoms. The van der Waals surface area contributed by atoms with Gasteiger partial charge in [-0.2, -0.15) is 0 Å².